The maximum absolute atomic E-state index is 12.2. The number of hydrogen-bond donors (Lipinski definition) is 1. The van der Waals surface area contributed by atoms with Crippen LogP contribution in [0.25, 0.3) is 17.3 Å². The minimum atomic E-state index is -0.100. The van der Waals surface area contributed by atoms with E-state index in [9.17, 15) is 4.79 Å². The Labute approximate surface area is 171 Å². The summed E-state index contributed by atoms with van der Waals surface area (Å²) in [5, 5.41) is 7.66. The van der Waals surface area contributed by atoms with Gasteiger partial charge in [0.15, 0.2) is 0 Å². The van der Waals surface area contributed by atoms with Crippen LogP contribution in [0.1, 0.15) is 17.5 Å². The van der Waals surface area contributed by atoms with Gasteiger partial charge in [-0.2, -0.15) is 5.10 Å². The lowest BCUT2D eigenvalue weighted by Gasteiger charge is -2.08. The molecule has 0 unspecified atom stereocenters. The molecule has 0 spiro atoms. The number of benzene rings is 1. The maximum Gasteiger partial charge on any atom is 0.244 e. The van der Waals surface area contributed by atoms with Gasteiger partial charge in [-0.1, -0.05) is 30.3 Å². The Bertz CT molecular complexity index is 932. The predicted octanol–water partition coefficient (Wildman–Crippen LogP) is 3.07. The van der Waals surface area contributed by atoms with Crippen molar-refractivity contribution in [3.8, 4) is 11.3 Å². The van der Waals surface area contributed by atoms with Crippen molar-refractivity contribution in [2.45, 2.75) is 13.0 Å². The molecule has 0 saturated heterocycles. The smallest absolute Gasteiger partial charge is 0.244 e. The molecule has 0 saturated carbocycles. The average molecular weight is 390 g/mol. The lowest BCUT2D eigenvalue weighted by Crippen LogP contribution is -2.25. The second-order valence-electron chi connectivity index (χ2n) is 7.14. The van der Waals surface area contributed by atoms with Crippen molar-refractivity contribution in [1.29, 1.82) is 0 Å². The second kappa shape index (κ2) is 10.3. The van der Waals surface area contributed by atoms with E-state index in [2.05, 4.69) is 27.3 Å². The van der Waals surface area contributed by atoms with Gasteiger partial charge in [-0.05, 0) is 50.8 Å². The van der Waals surface area contributed by atoms with Crippen molar-refractivity contribution in [2.24, 2.45) is 0 Å². The van der Waals surface area contributed by atoms with E-state index in [1.807, 2.05) is 61.4 Å². The van der Waals surface area contributed by atoms with E-state index in [-0.39, 0.29) is 5.91 Å². The highest BCUT2D eigenvalue weighted by atomic mass is 16.1. The number of nitrogens with one attached hydrogen (secondary N) is 1. The van der Waals surface area contributed by atoms with Crippen LogP contribution in [-0.2, 0) is 11.3 Å². The third-order valence-corrected chi connectivity index (χ3v) is 4.41. The lowest BCUT2D eigenvalue weighted by atomic mass is 10.1. The standard InChI is InChI=1S/C23H27N5O/c1-27(2)15-7-14-25-22(29)12-11-21-18-28(17-19-8-4-3-5-9-19)26-23(21)20-10-6-13-24-16-20/h3-6,8-13,16,18H,7,14-15,17H2,1-2H3,(H,25,29)/b12-11+. The molecule has 0 fully saturated rings. The molecule has 6 nitrogen and oxygen atoms in total. The summed E-state index contributed by atoms with van der Waals surface area (Å²) in [7, 11) is 4.05. The number of rotatable bonds is 9. The Morgan fingerprint density at radius 3 is 2.72 bits per heavy atom. The Hall–Kier alpha value is -3.25. The monoisotopic (exact) mass is 389 g/mol. The van der Waals surface area contributed by atoms with E-state index in [4.69, 9.17) is 5.10 Å². The van der Waals surface area contributed by atoms with Gasteiger partial charge in [0.1, 0.15) is 5.69 Å². The van der Waals surface area contributed by atoms with Crippen molar-refractivity contribution in [1.82, 2.24) is 25.0 Å². The van der Waals surface area contributed by atoms with Crippen molar-refractivity contribution < 1.29 is 4.79 Å². The molecule has 0 radical (unpaired) electrons. The maximum atomic E-state index is 12.2. The molecule has 2 aromatic heterocycles. The van der Waals surface area contributed by atoms with Crippen LogP contribution in [0, 0.1) is 0 Å². The molecular weight excluding hydrogens is 362 g/mol. The Balaban J connectivity index is 1.74. The predicted molar refractivity (Wildman–Crippen MR) is 116 cm³/mol. The highest BCUT2D eigenvalue weighted by molar-refractivity contribution is 5.92. The summed E-state index contributed by atoms with van der Waals surface area (Å²) in [6.07, 6.45) is 9.79. The van der Waals surface area contributed by atoms with Crippen LogP contribution in [0.15, 0.2) is 67.1 Å². The van der Waals surface area contributed by atoms with E-state index in [0.717, 1.165) is 29.8 Å². The summed E-state index contributed by atoms with van der Waals surface area (Å²) >= 11 is 0. The third kappa shape index (κ3) is 6.40. The Kier molecular flexibility index (Phi) is 7.30. The van der Waals surface area contributed by atoms with Gasteiger partial charge in [-0.3, -0.25) is 14.5 Å². The van der Waals surface area contributed by atoms with Gasteiger partial charge < -0.3 is 10.2 Å². The van der Waals surface area contributed by atoms with Crippen molar-refractivity contribution in [3.63, 3.8) is 0 Å². The molecule has 2 heterocycles. The van der Waals surface area contributed by atoms with Crippen LogP contribution in [0.3, 0.4) is 0 Å². The van der Waals surface area contributed by atoms with Gasteiger partial charge in [-0.15, -0.1) is 0 Å². The number of carbonyl (C=O) groups is 1. The van der Waals surface area contributed by atoms with Gasteiger partial charge >= 0.3 is 0 Å². The first-order valence-electron chi connectivity index (χ1n) is 9.74. The van der Waals surface area contributed by atoms with Crippen LogP contribution in [0.5, 0.6) is 0 Å². The highest BCUT2D eigenvalue weighted by Crippen LogP contribution is 2.22. The normalized spacial score (nSPS) is 11.3. The second-order valence-corrected chi connectivity index (χ2v) is 7.14. The Morgan fingerprint density at radius 1 is 1.17 bits per heavy atom. The van der Waals surface area contributed by atoms with Crippen molar-refractivity contribution >= 4 is 12.0 Å². The van der Waals surface area contributed by atoms with Crippen LogP contribution in [-0.4, -0.2) is 52.8 Å². The van der Waals surface area contributed by atoms with Gasteiger partial charge in [0.2, 0.25) is 5.91 Å². The number of carbonyl (C=O) groups excluding carboxylic acids is 1. The number of amides is 1. The fourth-order valence-electron chi connectivity index (χ4n) is 2.97. The highest BCUT2D eigenvalue weighted by Gasteiger charge is 2.10. The summed E-state index contributed by atoms with van der Waals surface area (Å²) < 4.78 is 1.90. The molecule has 0 aliphatic carbocycles. The van der Waals surface area contributed by atoms with Gasteiger partial charge in [0, 0.05) is 42.3 Å². The zero-order valence-corrected chi connectivity index (χ0v) is 17.0. The molecule has 6 heteroatoms. The summed E-state index contributed by atoms with van der Waals surface area (Å²) in [4.78, 5) is 18.5. The van der Waals surface area contributed by atoms with E-state index < -0.39 is 0 Å². The zero-order chi connectivity index (χ0) is 20.5. The lowest BCUT2D eigenvalue weighted by molar-refractivity contribution is -0.116. The fourth-order valence-corrected chi connectivity index (χ4v) is 2.97. The van der Waals surface area contributed by atoms with Crippen molar-refractivity contribution in [2.75, 3.05) is 27.2 Å². The first kappa shape index (κ1) is 20.5. The molecule has 29 heavy (non-hydrogen) atoms. The van der Waals surface area contributed by atoms with Crippen LogP contribution in [0.2, 0.25) is 0 Å². The largest absolute Gasteiger partial charge is 0.353 e. The number of hydrogen-bond acceptors (Lipinski definition) is 4. The van der Waals surface area contributed by atoms with Gasteiger partial charge in [-0.25, -0.2) is 0 Å². The molecule has 0 aliphatic rings. The molecule has 3 aromatic rings. The van der Waals surface area contributed by atoms with Crippen LogP contribution < -0.4 is 5.32 Å². The minimum absolute atomic E-state index is 0.100. The number of nitrogens with zero attached hydrogens (tertiary/aromatic N) is 4. The molecule has 1 aromatic carbocycles. The molecule has 0 aliphatic heterocycles. The molecule has 1 amide bonds. The summed E-state index contributed by atoms with van der Waals surface area (Å²) in [6, 6.07) is 14.0. The molecule has 150 valence electrons. The quantitative estimate of drug-likeness (QED) is 0.451. The summed E-state index contributed by atoms with van der Waals surface area (Å²) in [5.74, 6) is -0.100. The van der Waals surface area contributed by atoms with Crippen LogP contribution in [0.4, 0.5) is 0 Å². The molecular formula is C23H27N5O. The Morgan fingerprint density at radius 2 is 2.00 bits per heavy atom. The van der Waals surface area contributed by atoms with Crippen molar-refractivity contribution in [3.05, 3.63) is 78.3 Å². The molecule has 0 bridgehead atoms. The third-order valence-electron chi connectivity index (χ3n) is 4.41. The first-order chi connectivity index (χ1) is 14.1. The van der Waals surface area contributed by atoms with E-state index in [1.54, 1.807) is 18.5 Å². The first-order valence-corrected chi connectivity index (χ1v) is 9.74. The van der Waals surface area contributed by atoms with E-state index in [0.29, 0.717) is 13.1 Å². The number of aromatic nitrogens is 3. The number of pyridine rings is 1. The van der Waals surface area contributed by atoms with E-state index in [1.165, 1.54) is 5.56 Å². The SMILES string of the molecule is CN(C)CCCNC(=O)/C=C/c1cn(Cc2ccccc2)nc1-c1cccnc1. The van der Waals surface area contributed by atoms with E-state index >= 15 is 0 Å². The van der Waals surface area contributed by atoms with Crippen LogP contribution >= 0.6 is 0 Å². The molecule has 0 atom stereocenters. The minimum Gasteiger partial charge on any atom is -0.353 e. The fraction of sp³-hybridized carbons (Fsp3) is 0.261. The topological polar surface area (TPSA) is 63.1 Å². The summed E-state index contributed by atoms with van der Waals surface area (Å²) in [5.41, 5.74) is 3.79. The van der Waals surface area contributed by atoms with Gasteiger partial charge in [0.05, 0.1) is 6.54 Å². The summed E-state index contributed by atoms with van der Waals surface area (Å²) in [6.45, 7) is 2.27. The molecule has 1 N–H and O–H groups in total. The zero-order valence-electron chi connectivity index (χ0n) is 17.0. The molecule has 3 rings (SSSR count). The van der Waals surface area contributed by atoms with Gasteiger partial charge in [0.25, 0.3) is 0 Å². The average Bonchev–Trinajstić information content (AvgIpc) is 3.13.